The molecule has 0 radical (unpaired) electrons. The van der Waals surface area contributed by atoms with Gasteiger partial charge < -0.3 is 4.42 Å². The number of hydrogen-bond acceptors (Lipinski definition) is 4. The lowest BCUT2D eigenvalue weighted by Crippen LogP contribution is -2.00. The first-order valence-corrected chi connectivity index (χ1v) is 8.97. The third kappa shape index (κ3) is 3.78. The number of anilines is 1. The molecule has 0 amide bonds. The zero-order chi connectivity index (χ0) is 20.2. The Bertz CT molecular complexity index is 1140. The van der Waals surface area contributed by atoms with Crippen molar-refractivity contribution in [1.29, 1.82) is 0 Å². The number of rotatable bonds is 5. The molecular weight excluding hydrogens is 372 g/mol. The van der Waals surface area contributed by atoms with E-state index in [4.69, 9.17) is 4.42 Å². The van der Waals surface area contributed by atoms with Crippen LogP contribution in [0.15, 0.2) is 82.6 Å². The van der Waals surface area contributed by atoms with Crippen molar-refractivity contribution in [1.82, 2.24) is 4.98 Å². The van der Waals surface area contributed by atoms with Crippen molar-refractivity contribution < 1.29 is 13.2 Å². The fourth-order valence-electron chi connectivity index (χ4n) is 3.13. The number of nitrogens with one attached hydrogen (secondary N) is 1. The largest absolute Gasteiger partial charge is 0.444 e. The molecule has 0 saturated carbocycles. The third-order valence-electron chi connectivity index (χ3n) is 4.51. The Labute approximate surface area is 166 Å². The molecule has 0 spiro atoms. The van der Waals surface area contributed by atoms with Crippen LogP contribution in [0, 0.1) is 18.6 Å². The SMILES string of the molecule is Cc1ccc(-c2ncco2)c(N/N=C/c2c(F)cccc2F)c1-c1ccccc1. The van der Waals surface area contributed by atoms with E-state index in [9.17, 15) is 8.78 Å². The standard InChI is InChI=1S/C23H17F2N3O/c1-15-10-11-17(23-26-12-13-29-23)22(21(15)16-6-3-2-4-7-16)28-27-14-18-19(24)8-5-9-20(18)25/h2-14,28H,1H3/b27-14+. The van der Waals surface area contributed by atoms with E-state index in [1.807, 2.05) is 49.4 Å². The number of halogens is 2. The first kappa shape index (κ1) is 18.6. The van der Waals surface area contributed by atoms with Crippen molar-refractivity contribution >= 4 is 11.9 Å². The van der Waals surface area contributed by atoms with Gasteiger partial charge in [0.2, 0.25) is 5.89 Å². The molecule has 3 aromatic carbocycles. The molecule has 1 N–H and O–H groups in total. The van der Waals surface area contributed by atoms with Crippen LogP contribution in [0.5, 0.6) is 0 Å². The van der Waals surface area contributed by atoms with Gasteiger partial charge in [-0.2, -0.15) is 5.10 Å². The summed E-state index contributed by atoms with van der Waals surface area (Å²) >= 11 is 0. The lowest BCUT2D eigenvalue weighted by Gasteiger charge is -2.16. The average molecular weight is 389 g/mol. The molecule has 0 bridgehead atoms. The molecule has 1 heterocycles. The van der Waals surface area contributed by atoms with Gasteiger partial charge in [-0.15, -0.1) is 0 Å². The van der Waals surface area contributed by atoms with E-state index in [1.165, 1.54) is 24.5 Å². The monoisotopic (exact) mass is 389 g/mol. The molecule has 0 saturated heterocycles. The molecule has 0 aliphatic rings. The van der Waals surface area contributed by atoms with Crippen LogP contribution in [-0.4, -0.2) is 11.2 Å². The van der Waals surface area contributed by atoms with Gasteiger partial charge in [-0.05, 0) is 36.2 Å². The van der Waals surface area contributed by atoms with Gasteiger partial charge in [0.05, 0.1) is 29.2 Å². The minimum atomic E-state index is -0.684. The lowest BCUT2D eigenvalue weighted by molar-refractivity contribution is 0.574. The highest BCUT2D eigenvalue weighted by molar-refractivity contribution is 5.91. The number of hydrogen-bond donors (Lipinski definition) is 1. The first-order valence-electron chi connectivity index (χ1n) is 8.97. The molecule has 4 nitrogen and oxygen atoms in total. The molecule has 144 valence electrons. The van der Waals surface area contributed by atoms with E-state index in [0.29, 0.717) is 17.1 Å². The molecule has 29 heavy (non-hydrogen) atoms. The Morgan fingerprint density at radius 1 is 0.966 bits per heavy atom. The van der Waals surface area contributed by atoms with E-state index in [2.05, 4.69) is 15.5 Å². The number of nitrogens with zero attached hydrogens (tertiary/aromatic N) is 2. The molecule has 1 aromatic heterocycles. The highest BCUT2D eigenvalue weighted by atomic mass is 19.1. The Morgan fingerprint density at radius 2 is 1.72 bits per heavy atom. The van der Waals surface area contributed by atoms with Gasteiger partial charge in [0.1, 0.15) is 17.9 Å². The van der Waals surface area contributed by atoms with Crippen LogP contribution in [0.4, 0.5) is 14.5 Å². The van der Waals surface area contributed by atoms with Crippen molar-refractivity contribution in [2.75, 3.05) is 5.43 Å². The number of benzene rings is 3. The van der Waals surface area contributed by atoms with Crippen LogP contribution in [-0.2, 0) is 0 Å². The molecule has 4 aromatic rings. The Balaban J connectivity index is 1.82. The Morgan fingerprint density at radius 3 is 2.41 bits per heavy atom. The van der Waals surface area contributed by atoms with Gasteiger partial charge in [-0.25, -0.2) is 13.8 Å². The van der Waals surface area contributed by atoms with E-state index < -0.39 is 11.6 Å². The smallest absolute Gasteiger partial charge is 0.228 e. The predicted octanol–water partition coefficient (Wildman–Crippen LogP) is 6.04. The maximum Gasteiger partial charge on any atom is 0.228 e. The van der Waals surface area contributed by atoms with Crippen LogP contribution in [0.25, 0.3) is 22.6 Å². The zero-order valence-corrected chi connectivity index (χ0v) is 15.6. The van der Waals surface area contributed by atoms with E-state index in [1.54, 1.807) is 6.20 Å². The maximum absolute atomic E-state index is 13.9. The number of aromatic nitrogens is 1. The van der Waals surface area contributed by atoms with Crippen LogP contribution in [0.1, 0.15) is 11.1 Å². The molecule has 0 aliphatic carbocycles. The Hall–Kier alpha value is -3.80. The third-order valence-corrected chi connectivity index (χ3v) is 4.51. The lowest BCUT2D eigenvalue weighted by atomic mass is 9.95. The van der Waals surface area contributed by atoms with E-state index in [-0.39, 0.29) is 5.56 Å². The molecule has 4 rings (SSSR count). The van der Waals surface area contributed by atoms with Crippen LogP contribution >= 0.6 is 0 Å². The minimum absolute atomic E-state index is 0.216. The van der Waals surface area contributed by atoms with Crippen LogP contribution in [0.2, 0.25) is 0 Å². The second-order valence-electron chi connectivity index (χ2n) is 6.39. The molecule has 0 unspecified atom stereocenters. The zero-order valence-electron chi connectivity index (χ0n) is 15.6. The van der Waals surface area contributed by atoms with Crippen molar-refractivity contribution in [2.24, 2.45) is 5.10 Å². The summed E-state index contributed by atoms with van der Waals surface area (Å²) in [6.07, 6.45) is 4.17. The predicted molar refractivity (Wildman–Crippen MR) is 110 cm³/mol. The fourth-order valence-corrected chi connectivity index (χ4v) is 3.13. The number of aryl methyl sites for hydroxylation is 1. The topological polar surface area (TPSA) is 50.4 Å². The quantitative estimate of drug-likeness (QED) is 0.334. The molecule has 0 fully saturated rings. The van der Waals surface area contributed by atoms with E-state index >= 15 is 0 Å². The van der Waals surface area contributed by atoms with Crippen molar-refractivity contribution in [2.45, 2.75) is 6.92 Å². The van der Waals surface area contributed by atoms with Crippen molar-refractivity contribution in [3.8, 4) is 22.6 Å². The first-order chi connectivity index (χ1) is 14.1. The van der Waals surface area contributed by atoms with Gasteiger partial charge in [0.25, 0.3) is 0 Å². The fraction of sp³-hybridized carbons (Fsp3) is 0.0435. The van der Waals surface area contributed by atoms with Gasteiger partial charge in [-0.3, -0.25) is 5.43 Å². The van der Waals surface area contributed by atoms with Gasteiger partial charge in [0.15, 0.2) is 0 Å². The number of hydrazone groups is 1. The summed E-state index contributed by atoms with van der Waals surface area (Å²) in [5, 5.41) is 4.11. The highest BCUT2D eigenvalue weighted by Gasteiger charge is 2.17. The average Bonchev–Trinajstić information content (AvgIpc) is 3.25. The van der Waals surface area contributed by atoms with Gasteiger partial charge >= 0.3 is 0 Å². The molecule has 0 aliphatic heterocycles. The number of oxazole rings is 1. The van der Waals surface area contributed by atoms with Gasteiger partial charge in [0, 0.05) is 5.56 Å². The van der Waals surface area contributed by atoms with Crippen LogP contribution in [0.3, 0.4) is 0 Å². The second-order valence-corrected chi connectivity index (χ2v) is 6.39. The summed E-state index contributed by atoms with van der Waals surface area (Å²) in [5.74, 6) is -0.955. The summed E-state index contributed by atoms with van der Waals surface area (Å²) in [6, 6.07) is 17.3. The van der Waals surface area contributed by atoms with Gasteiger partial charge in [-0.1, -0.05) is 42.5 Å². The normalized spacial score (nSPS) is 11.1. The highest BCUT2D eigenvalue weighted by Crippen LogP contribution is 2.38. The minimum Gasteiger partial charge on any atom is -0.444 e. The second kappa shape index (κ2) is 8.06. The van der Waals surface area contributed by atoms with Crippen molar-refractivity contribution in [3.05, 3.63) is 95.9 Å². The summed E-state index contributed by atoms with van der Waals surface area (Å²) in [6.45, 7) is 1.98. The summed E-state index contributed by atoms with van der Waals surface area (Å²) in [4.78, 5) is 4.23. The maximum atomic E-state index is 13.9. The summed E-state index contributed by atoms with van der Waals surface area (Å²) in [7, 11) is 0. The summed E-state index contributed by atoms with van der Waals surface area (Å²) in [5.41, 5.74) is 6.91. The Kier molecular flexibility index (Phi) is 5.16. The van der Waals surface area contributed by atoms with E-state index in [0.717, 1.165) is 22.9 Å². The van der Waals surface area contributed by atoms with Crippen molar-refractivity contribution in [3.63, 3.8) is 0 Å². The molecular formula is C23H17F2N3O. The van der Waals surface area contributed by atoms with Crippen LogP contribution < -0.4 is 5.43 Å². The molecule has 0 atom stereocenters. The summed E-state index contributed by atoms with van der Waals surface area (Å²) < 4.78 is 33.3. The molecule has 6 heteroatoms.